The van der Waals surface area contributed by atoms with Crippen LogP contribution in [-0.4, -0.2) is 54.3 Å². The van der Waals surface area contributed by atoms with E-state index in [-0.39, 0.29) is 32.1 Å². The summed E-state index contributed by atoms with van der Waals surface area (Å²) in [5.74, 6) is -0.503. The molecule has 10 heteroatoms. The summed E-state index contributed by atoms with van der Waals surface area (Å²) >= 11 is 0. The quantitative estimate of drug-likeness (QED) is 0.0238. The molecule has 0 aliphatic heterocycles. The number of esters is 1. The van der Waals surface area contributed by atoms with Crippen LogP contribution in [0.25, 0.3) is 0 Å². The molecular formula is C50H98NO8P. The summed E-state index contributed by atoms with van der Waals surface area (Å²) in [4.78, 5) is 34.0. The molecule has 2 unspecified atom stereocenters. The number of phosphoric acid groups is 1. The van der Waals surface area contributed by atoms with E-state index in [4.69, 9.17) is 13.8 Å². The summed E-state index contributed by atoms with van der Waals surface area (Å²) in [6.45, 7) is 3.61. The van der Waals surface area contributed by atoms with Gasteiger partial charge in [0.1, 0.15) is 12.7 Å². The molecule has 0 radical (unpaired) electrons. The minimum absolute atomic E-state index is 0.0863. The van der Waals surface area contributed by atoms with Gasteiger partial charge in [-0.15, -0.1) is 0 Å². The first kappa shape index (κ1) is 58.8. The van der Waals surface area contributed by atoms with E-state index in [9.17, 15) is 24.2 Å². The number of unbranched alkanes of at least 4 members (excludes halogenated alkanes) is 34. The van der Waals surface area contributed by atoms with Crippen LogP contribution in [0.5, 0.6) is 0 Å². The fourth-order valence-corrected chi connectivity index (χ4v) is 8.31. The highest BCUT2D eigenvalue weighted by Gasteiger charge is 2.23. The zero-order chi connectivity index (χ0) is 43.9. The fraction of sp³-hybridized carbons (Fsp3) is 0.920. The van der Waals surface area contributed by atoms with Gasteiger partial charge < -0.3 is 20.1 Å². The van der Waals surface area contributed by atoms with Crippen LogP contribution in [0.1, 0.15) is 264 Å². The maximum Gasteiger partial charge on any atom is 0.472 e. The van der Waals surface area contributed by atoms with Gasteiger partial charge in [-0.3, -0.25) is 18.6 Å². The molecule has 0 heterocycles. The van der Waals surface area contributed by atoms with Gasteiger partial charge in [0.05, 0.1) is 13.2 Å². The van der Waals surface area contributed by atoms with E-state index in [0.29, 0.717) is 6.42 Å². The number of allylic oxidation sites excluding steroid dienone is 2. The van der Waals surface area contributed by atoms with Crippen LogP contribution in [0, 0.1) is 0 Å². The first-order valence-corrected chi connectivity index (χ1v) is 27.2. The smallest absolute Gasteiger partial charge is 0.463 e. The van der Waals surface area contributed by atoms with Gasteiger partial charge in [0.15, 0.2) is 0 Å². The molecule has 356 valence electrons. The first-order chi connectivity index (χ1) is 29.3. The van der Waals surface area contributed by atoms with Crippen molar-refractivity contribution >= 4 is 19.7 Å². The van der Waals surface area contributed by atoms with Gasteiger partial charge in [-0.2, -0.15) is 0 Å². The van der Waals surface area contributed by atoms with Crippen molar-refractivity contribution in [3.8, 4) is 0 Å². The molecule has 1 amide bonds. The molecule has 0 aromatic rings. The van der Waals surface area contributed by atoms with E-state index in [0.717, 1.165) is 38.5 Å². The first-order valence-electron chi connectivity index (χ1n) is 25.7. The Balaban J connectivity index is 3.51. The lowest BCUT2D eigenvalue weighted by atomic mass is 10.0. The Bertz CT molecular complexity index is 995. The Morgan fingerprint density at radius 2 is 0.850 bits per heavy atom. The van der Waals surface area contributed by atoms with E-state index < -0.39 is 26.5 Å². The van der Waals surface area contributed by atoms with Crippen LogP contribution >= 0.6 is 7.82 Å². The SMILES string of the molecule is CCCCCCCC/C=C/CCCCCCCCCCCCCCCC(=O)NCCOP(=O)(O)OCC(O)COC(=O)CCCCCCCCCCCCCCCCCC. The monoisotopic (exact) mass is 872 g/mol. The average molecular weight is 872 g/mol. The van der Waals surface area contributed by atoms with Crippen molar-refractivity contribution in [2.75, 3.05) is 26.4 Å². The summed E-state index contributed by atoms with van der Waals surface area (Å²) in [6, 6.07) is 0. The lowest BCUT2D eigenvalue weighted by Crippen LogP contribution is -2.27. The third-order valence-corrected chi connectivity index (χ3v) is 12.4. The largest absolute Gasteiger partial charge is 0.472 e. The molecule has 0 aliphatic rings. The van der Waals surface area contributed by atoms with Gasteiger partial charge >= 0.3 is 13.8 Å². The highest BCUT2D eigenvalue weighted by Crippen LogP contribution is 2.42. The fourth-order valence-electron chi connectivity index (χ4n) is 7.55. The second kappa shape index (κ2) is 47.2. The molecule has 60 heavy (non-hydrogen) atoms. The number of nitrogens with one attached hydrogen (secondary N) is 1. The normalized spacial score (nSPS) is 13.2. The van der Waals surface area contributed by atoms with Crippen LogP contribution in [0.3, 0.4) is 0 Å². The lowest BCUT2D eigenvalue weighted by Gasteiger charge is -2.15. The summed E-state index contributed by atoms with van der Waals surface area (Å²) in [7, 11) is -4.42. The molecule has 3 N–H and O–H groups in total. The van der Waals surface area contributed by atoms with Gasteiger partial charge in [0.25, 0.3) is 0 Å². The molecule has 0 saturated heterocycles. The number of ether oxygens (including phenoxy) is 1. The Labute approximate surface area is 370 Å². The number of carbonyl (C=O) groups is 2. The number of rotatable bonds is 49. The van der Waals surface area contributed by atoms with Gasteiger partial charge in [-0.25, -0.2) is 4.57 Å². The summed E-state index contributed by atoms with van der Waals surface area (Å²) in [6.07, 6.45) is 51.5. The van der Waals surface area contributed by atoms with Gasteiger partial charge in [0, 0.05) is 19.4 Å². The minimum atomic E-state index is -4.42. The van der Waals surface area contributed by atoms with Crippen LogP contribution in [-0.2, 0) is 27.9 Å². The zero-order valence-corrected chi connectivity index (χ0v) is 40.3. The molecule has 0 aromatic carbocycles. The van der Waals surface area contributed by atoms with Crippen molar-refractivity contribution in [3.63, 3.8) is 0 Å². The van der Waals surface area contributed by atoms with Crippen LogP contribution in [0.4, 0.5) is 0 Å². The van der Waals surface area contributed by atoms with E-state index in [1.165, 1.54) is 199 Å². The third-order valence-electron chi connectivity index (χ3n) is 11.4. The summed E-state index contributed by atoms with van der Waals surface area (Å²) < 4.78 is 27.0. The second-order valence-corrected chi connectivity index (χ2v) is 19.0. The molecule has 0 spiro atoms. The summed E-state index contributed by atoms with van der Waals surface area (Å²) in [5.41, 5.74) is 0. The van der Waals surface area contributed by atoms with Crippen molar-refractivity contribution in [1.82, 2.24) is 5.32 Å². The third kappa shape index (κ3) is 47.8. The van der Waals surface area contributed by atoms with Crippen LogP contribution in [0.2, 0.25) is 0 Å². The number of hydrogen-bond donors (Lipinski definition) is 3. The van der Waals surface area contributed by atoms with Gasteiger partial charge in [-0.1, -0.05) is 225 Å². The molecular weight excluding hydrogens is 774 g/mol. The maximum atomic E-state index is 12.1. The van der Waals surface area contributed by atoms with Gasteiger partial charge in [-0.05, 0) is 38.5 Å². The van der Waals surface area contributed by atoms with Crippen molar-refractivity contribution in [3.05, 3.63) is 12.2 Å². The number of amides is 1. The number of aliphatic hydroxyl groups is 1. The molecule has 2 atom stereocenters. The molecule has 0 aliphatic carbocycles. The Morgan fingerprint density at radius 1 is 0.500 bits per heavy atom. The average Bonchev–Trinajstić information content (AvgIpc) is 3.23. The predicted molar refractivity (Wildman–Crippen MR) is 252 cm³/mol. The molecule has 0 rings (SSSR count). The van der Waals surface area contributed by atoms with E-state index in [1.54, 1.807) is 0 Å². The van der Waals surface area contributed by atoms with E-state index in [1.807, 2.05) is 0 Å². The van der Waals surface area contributed by atoms with Crippen molar-refractivity contribution in [2.24, 2.45) is 0 Å². The molecule has 0 fully saturated rings. The van der Waals surface area contributed by atoms with Crippen molar-refractivity contribution < 1.29 is 37.9 Å². The molecule has 0 bridgehead atoms. The maximum absolute atomic E-state index is 12.1. The lowest BCUT2D eigenvalue weighted by molar-refractivity contribution is -0.147. The number of aliphatic hydroxyl groups excluding tert-OH is 1. The van der Waals surface area contributed by atoms with Crippen molar-refractivity contribution in [1.29, 1.82) is 0 Å². The second-order valence-electron chi connectivity index (χ2n) is 17.5. The molecule has 0 saturated carbocycles. The van der Waals surface area contributed by atoms with E-state index in [2.05, 4.69) is 31.3 Å². The molecule has 0 aromatic heterocycles. The predicted octanol–water partition coefficient (Wildman–Crippen LogP) is 15.0. The van der Waals surface area contributed by atoms with Crippen molar-refractivity contribution in [2.45, 2.75) is 270 Å². The van der Waals surface area contributed by atoms with Crippen LogP contribution in [0.15, 0.2) is 12.2 Å². The standard InChI is InChI=1S/C50H98NO8P/c1-3-5-7-9-11-13-15-17-19-21-22-23-24-25-26-27-28-30-32-34-36-38-40-42-49(53)51-44-45-58-60(55,56)59-47-48(52)46-57-50(54)43-41-39-37-35-33-31-29-20-18-16-14-12-10-8-6-4-2/h17,19,48,52H,3-16,18,20-47H2,1-2H3,(H,51,53)(H,55,56)/b19-17+. The Kier molecular flexibility index (Phi) is 46.3. The Morgan fingerprint density at radius 3 is 1.25 bits per heavy atom. The number of hydrogen-bond acceptors (Lipinski definition) is 7. The number of carbonyl (C=O) groups excluding carboxylic acids is 2. The molecule has 9 nitrogen and oxygen atoms in total. The van der Waals surface area contributed by atoms with Crippen LogP contribution < -0.4 is 5.32 Å². The zero-order valence-electron chi connectivity index (χ0n) is 39.4. The van der Waals surface area contributed by atoms with Gasteiger partial charge in [0.2, 0.25) is 5.91 Å². The minimum Gasteiger partial charge on any atom is -0.463 e. The summed E-state index contributed by atoms with van der Waals surface area (Å²) in [5, 5.41) is 12.7. The van der Waals surface area contributed by atoms with E-state index >= 15 is 0 Å². The topological polar surface area (TPSA) is 131 Å². The highest BCUT2D eigenvalue weighted by molar-refractivity contribution is 7.47. The Hall–Kier alpha value is -1.25. The highest BCUT2D eigenvalue weighted by atomic mass is 31.2. The number of phosphoric ester groups is 1.